The lowest BCUT2D eigenvalue weighted by Crippen LogP contribution is -2.60. The SMILES string of the molecule is CCCCCCCCCCCCCCCCCCCCCCCCCCC/C=C/C(O)C(COC1OC(CO)C(O)C(O)C1O)NC(=O)CCCCCCCCCCCCCCCCCCCCCCCCCCCCCCC. The topological polar surface area (TPSA) is 149 Å². The lowest BCUT2D eigenvalue weighted by molar-refractivity contribution is -0.302. The normalized spacial score (nSPS) is 18.5. The van der Waals surface area contributed by atoms with E-state index < -0.39 is 49.5 Å². The molecule has 470 valence electrons. The summed E-state index contributed by atoms with van der Waals surface area (Å²) in [6, 6.07) is -0.802. The maximum absolute atomic E-state index is 13.1. The second-order valence-electron chi connectivity index (χ2n) is 25.0. The third-order valence-electron chi connectivity index (χ3n) is 17.4. The Balaban J connectivity index is 2.11. The van der Waals surface area contributed by atoms with E-state index in [0.29, 0.717) is 6.42 Å². The molecule has 1 aliphatic rings. The molecule has 1 heterocycles. The highest BCUT2D eigenvalue weighted by Crippen LogP contribution is 2.24. The first-order valence-electron chi connectivity index (χ1n) is 35.4. The van der Waals surface area contributed by atoms with Gasteiger partial charge < -0.3 is 40.3 Å². The van der Waals surface area contributed by atoms with Gasteiger partial charge in [-0.1, -0.05) is 360 Å². The van der Waals surface area contributed by atoms with Crippen LogP contribution in [-0.4, -0.2) is 87.5 Å². The second kappa shape index (κ2) is 60.1. The molecule has 1 aliphatic heterocycles. The van der Waals surface area contributed by atoms with Crippen LogP contribution in [-0.2, 0) is 14.3 Å². The molecule has 6 N–H and O–H groups in total. The van der Waals surface area contributed by atoms with Crippen molar-refractivity contribution in [2.45, 2.75) is 416 Å². The van der Waals surface area contributed by atoms with E-state index in [9.17, 15) is 30.3 Å². The Labute approximate surface area is 490 Å². The minimum absolute atomic E-state index is 0.167. The number of unbranched alkanes of at least 4 members (excludes halogenated alkanes) is 53. The van der Waals surface area contributed by atoms with Crippen LogP contribution in [0.25, 0.3) is 0 Å². The molecule has 1 rings (SSSR count). The number of nitrogens with one attached hydrogen (secondary N) is 1. The van der Waals surface area contributed by atoms with E-state index in [1.165, 1.54) is 315 Å². The summed E-state index contributed by atoms with van der Waals surface area (Å²) in [6.45, 7) is 3.85. The molecule has 9 nitrogen and oxygen atoms in total. The molecule has 0 aromatic carbocycles. The lowest BCUT2D eigenvalue weighted by atomic mass is 9.99. The maximum atomic E-state index is 13.1. The van der Waals surface area contributed by atoms with E-state index in [-0.39, 0.29) is 12.5 Å². The van der Waals surface area contributed by atoms with Crippen molar-refractivity contribution >= 4 is 5.91 Å². The van der Waals surface area contributed by atoms with Gasteiger partial charge in [0.25, 0.3) is 0 Å². The van der Waals surface area contributed by atoms with Crippen LogP contribution in [0.3, 0.4) is 0 Å². The van der Waals surface area contributed by atoms with E-state index in [1.807, 2.05) is 6.08 Å². The van der Waals surface area contributed by atoms with Crippen LogP contribution < -0.4 is 5.32 Å². The molecular formula is C70H137NO8. The molecule has 0 radical (unpaired) electrons. The van der Waals surface area contributed by atoms with Crippen molar-refractivity contribution in [1.29, 1.82) is 0 Å². The average molecular weight is 1120 g/mol. The average Bonchev–Trinajstić information content (AvgIpc) is 3.47. The fourth-order valence-corrected chi connectivity index (χ4v) is 11.8. The smallest absolute Gasteiger partial charge is 0.220 e. The molecule has 1 saturated heterocycles. The predicted molar refractivity (Wildman–Crippen MR) is 337 cm³/mol. The summed E-state index contributed by atoms with van der Waals surface area (Å²) >= 11 is 0. The number of hydrogen-bond donors (Lipinski definition) is 6. The molecule has 0 aromatic heterocycles. The Bertz CT molecular complexity index is 1250. The monoisotopic (exact) mass is 1120 g/mol. The van der Waals surface area contributed by atoms with Crippen molar-refractivity contribution in [3.63, 3.8) is 0 Å². The highest BCUT2D eigenvalue weighted by molar-refractivity contribution is 5.76. The van der Waals surface area contributed by atoms with Gasteiger partial charge in [-0.2, -0.15) is 0 Å². The van der Waals surface area contributed by atoms with E-state index in [0.717, 1.165) is 38.5 Å². The predicted octanol–water partition coefficient (Wildman–Crippen LogP) is 19.1. The minimum atomic E-state index is -1.56. The Morgan fingerprint density at radius 2 is 0.696 bits per heavy atom. The molecule has 79 heavy (non-hydrogen) atoms. The van der Waals surface area contributed by atoms with Crippen LogP contribution >= 0.6 is 0 Å². The van der Waals surface area contributed by atoms with Crippen LogP contribution in [0.5, 0.6) is 0 Å². The van der Waals surface area contributed by atoms with Gasteiger partial charge in [0.05, 0.1) is 25.4 Å². The third-order valence-corrected chi connectivity index (χ3v) is 17.4. The molecule has 0 spiro atoms. The number of aliphatic hydroxyl groups excluding tert-OH is 5. The molecule has 1 fully saturated rings. The van der Waals surface area contributed by atoms with Gasteiger partial charge in [-0.25, -0.2) is 0 Å². The highest BCUT2D eigenvalue weighted by atomic mass is 16.7. The first-order valence-corrected chi connectivity index (χ1v) is 35.4. The Morgan fingerprint density at radius 1 is 0.418 bits per heavy atom. The summed E-state index contributed by atoms with van der Waals surface area (Å²) in [5.74, 6) is -0.167. The number of carbonyl (C=O) groups is 1. The number of carbonyl (C=O) groups excluding carboxylic acids is 1. The summed E-state index contributed by atoms with van der Waals surface area (Å²) in [6.07, 6.45) is 70.4. The van der Waals surface area contributed by atoms with Crippen LogP contribution in [0.15, 0.2) is 12.2 Å². The summed E-state index contributed by atoms with van der Waals surface area (Å²) < 4.78 is 11.3. The van der Waals surface area contributed by atoms with Gasteiger partial charge in [-0.05, 0) is 19.3 Å². The van der Waals surface area contributed by atoms with Gasteiger partial charge in [0.2, 0.25) is 5.91 Å². The maximum Gasteiger partial charge on any atom is 0.220 e. The van der Waals surface area contributed by atoms with E-state index in [4.69, 9.17) is 9.47 Å². The van der Waals surface area contributed by atoms with Crippen LogP contribution in [0, 0.1) is 0 Å². The molecule has 7 atom stereocenters. The Kier molecular flexibility index (Phi) is 57.7. The zero-order valence-electron chi connectivity index (χ0n) is 52.7. The fraction of sp³-hybridized carbons (Fsp3) is 0.957. The quantitative estimate of drug-likeness (QED) is 0.0261. The number of hydrogen-bond acceptors (Lipinski definition) is 8. The van der Waals surface area contributed by atoms with Gasteiger partial charge in [0.15, 0.2) is 6.29 Å². The van der Waals surface area contributed by atoms with Gasteiger partial charge in [0.1, 0.15) is 24.4 Å². The molecule has 0 bridgehead atoms. The first kappa shape index (κ1) is 75.9. The van der Waals surface area contributed by atoms with Crippen molar-refractivity contribution in [1.82, 2.24) is 5.32 Å². The first-order chi connectivity index (χ1) is 38.8. The van der Waals surface area contributed by atoms with Crippen LogP contribution in [0.4, 0.5) is 0 Å². The number of ether oxygens (including phenoxy) is 2. The van der Waals surface area contributed by atoms with Crippen molar-refractivity contribution in [3.05, 3.63) is 12.2 Å². The fourth-order valence-electron chi connectivity index (χ4n) is 11.8. The Morgan fingerprint density at radius 3 is 0.987 bits per heavy atom. The second-order valence-corrected chi connectivity index (χ2v) is 25.0. The van der Waals surface area contributed by atoms with Gasteiger partial charge in [-0.15, -0.1) is 0 Å². The summed E-state index contributed by atoms with van der Waals surface area (Å²) in [5.41, 5.74) is 0. The van der Waals surface area contributed by atoms with E-state index >= 15 is 0 Å². The highest BCUT2D eigenvalue weighted by Gasteiger charge is 2.44. The number of amides is 1. The van der Waals surface area contributed by atoms with Crippen LogP contribution in [0.1, 0.15) is 373 Å². The number of rotatable bonds is 63. The minimum Gasteiger partial charge on any atom is -0.394 e. The van der Waals surface area contributed by atoms with Crippen molar-refractivity contribution < 1.29 is 39.8 Å². The lowest BCUT2D eigenvalue weighted by Gasteiger charge is -2.40. The third kappa shape index (κ3) is 49.0. The molecule has 0 aliphatic carbocycles. The largest absolute Gasteiger partial charge is 0.394 e. The number of allylic oxidation sites excluding steroid dienone is 1. The molecular weight excluding hydrogens is 983 g/mol. The van der Waals surface area contributed by atoms with Crippen molar-refractivity contribution in [2.75, 3.05) is 13.2 Å². The molecule has 1 amide bonds. The standard InChI is InChI=1S/C70H137NO8/c1-3-5-7-9-11-13-15-17-19-21-23-25-27-29-31-32-34-36-38-40-42-44-46-48-50-52-54-56-58-60-66(74)71-63(62-78-70-69(77)68(76)67(75)65(61-72)79-70)64(73)59-57-55-53-51-49-47-45-43-41-39-37-35-33-30-28-26-24-22-20-18-16-14-12-10-8-6-4-2/h57,59,63-65,67-70,72-73,75-77H,3-56,58,60-62H2,1-2H3,(H,71,74)/b59-57+. The molecule has 0 saturated carbocycles. The molecule has 0 aromatic rings. The van der Waals surface area contributed by atoms with E-state index in [1.54, 1.807) is 6.08 Å². The zero-order valence-corrected chi connectivity index (χ0v) is 52.7. The van der Waals surface area contributed by atoms with Gasteiger partial charge >= 0.3 is 0 Å². The summed E-state index contributed by atoms with van der Waals surface area (Å²) in [5, 5.41) is 54.8. The van der Waals surface area contributed by atoms with Crippen molar-refractivity contribution in [3.8, 4) is 0 Å². The van der Waals surface area contributed by atoms with Crippen LogP contribution in [0.2, 0.25) is 0 Å². The molecule has 7 unspecified atom stereocenters. The summed E-state index contributed by atoms with van der Waals surface area (Å²) in [7, 11) is 0. The molecule has 9 heteroatoms. The van der Waals surface area contributed by atoms with E-state index in [2.05, 4.69) is 19.2 Å². The number of aliphatic hydroxyl groups is 5. The van der Waals surface area contributed by atoms with Gasteiger partial charge in [-0.3, -0.25) is 4.79 Å². The zero-order chi connectivity index (χ0) is 57.2. The Hall–Kier alpha value is -1.07. The van der Waals surface area contributed by atoms with Crippen molar-refractivity contribution in [2.24, 2.45) is 0 Å². The summed E-state index contributed by atoms with van der Waals surface area (Å²) in [4.78, 5) is 13.1. The van der Waals surface area contributed by atoms with Gasteiger partial charge in [0, 0.05) is 6.42 Å².